The molecule has 1 heterocycles. The van der Waals surface area contributed by atoms with Crippen LogP contribution in [0.25, 0.3) is 0 Å². The number of hydrogen-bond donors (Lipinski definition) is 0. The van der Waals surface area contributed by atoms with E-state index in [1.165, 1.54) is 25.9 Å². The Morgan fingerprint density at radius 1 is 1.12 bits per heavy atom. The van der Waals surface area contributed by atoms with E-state index >= 15 is 0 Å². The molecule has 16 heavy (non-hydrogen) atoms. The van der Waals surface area contributed by atoms with E-state index in [1.54, 1.807) is 0 Å². The van der Waals surface area contributed by atoms with Crippen LogP contribution < -0.4 is 0 Å². The fourth-order valence-electron chi connectivity index (χ4n) is 2.36. The molecule has 2 nitrogen and oxygen atoms in total. The summed E-state index contributed by atoms with van der Waals surface area (Å²) in [5.41, 5.74) is 0. The Labute approximate surface area is 101 Å². The molecule has 1 aliphatic rings. The monoisotopic (exact) mass is 227 g/mol. The van der Waals surface area contributed by atoms with Gasteiger partial charge in [0.05, 0.1) is 6.61 Å². The molecule has 0 radical (unpaired) electrons. The maximum atomic E-state index is 5.63. The second-order valence-electron chi connectivity index (χ2n) is 5.89. The van der Waals surface area contributed by atoms with E-state index in [1.807, 2.05) is 0 Å². The molecule has 0 amide bonds. The van der Waals surface area contributed by atoms with E-state index in [9.17, 15) is 0 Å². The van der Waals surface area contributed by atoms with Crippen LogP contribution in [0.2, 0.25) is 0 Å². The predicted molar refractivity (Wildman–Crippen MR) is 69.7 cm³/mol. The highest BCUT2D eigenvalue weighted by molar-refractivity contribution is 4.74. The SMILES string of the molecule is CC(C)COCCN1CCC(C(C)C)CC1. The summed E-state index contributed by atoms with van der Waals surface area (Å²) in [6, 6.07) is 0. The fourth-order valence-corrected chi connectivity index (χ4v) is 2.36. The van der Waals surface area contributed by atoms with Crippen LogP contribution in [0.1, 0.15) is 40.5 Å². The Bertz CT molecular complexity index is 172. The first-order chi connectivity index (χ1) is 7.59. The van der Waals surface area contributed by atoms with Crippen LogP contribution in [-0.2, 0) is 4.74 Å². The van der Waals surface area contributed by atoms with Crippen molar-refractivity contribution in [2.45, 2.75) is 40.5 Å². The van der Waals surface area contributed by atoms with Crippen molar-refractivity contribution in [3.8, 4) is 0 Å². The number of likely N-dealkylation sites (tertiary alicyclic amines) is 1. The number of ether oxygens (including phenoxy) is 1. The maximum absolute atomic E-state index is 5.63. The number of piperidine rings is 1. The third-order valence-electron chi connectivity index (χ3n) is 3.58. The lowest BCUT2D eigenvalue weighted by molar-refractivity contribution is 0.0699. The first kappa shape index (κ1) is 14.0. The van der Waals surface area contributed by atoms with Gasteiger partial charge in [0.25, 0.3) is 0 Å². The highest BCUT2D eigenvalue weighted by Crippen LogP contribution is 2.23. The van der Waals surface area contributed by atoms with Crippen LogP contribution in [-0.4, -0.2) is 37.7 Å². The zero-order valence-corrected chi connectivity index (χ0v) is 11.5. The average molecular weight is 227 g/mol. The number of nitrogens with zero attached hydrogens (tertiary/aromatic N) is 1. The molecular formula is C14H29NO. The smallest absolute Gasteiger partial charge is 0.0593 e. The first-order valence-electron chi connectivity index (χ1n) is 6.89. The lowest BCUT2D eigenvalue weighted by Crippen LogP contribution is -2.37. The summed E-state index contributed by atoms with van der Waals surface area (Å²) in [6.07, 6.45) is 2.75. The molecule has 0 atom stereocenters. The van der Waals surface area contributed by atoms with Crippen LogP contribution in [0, 0.1) is 17.8 Å². The average Bonchev–Trinajstić information content (AvgIpc) is 2.25. The van der Waals surface area contributed by atoms with Crippen molar-refractivity contribution in [1.29, 1.82) is 0 Å². The van der Waals surface area contributed by atoms with Gasteiger partial charge in [0.1, 0.15) is 0 Å². The molecule has 1 rings (SSSR count). The summed E-state index contributed by atoms with van der Waals surface area (Å²) in [5, 5.41) is 0. The van der Waals surface area contributed by atoms with Gasteiger partial charge in [-0.05, 0) is 43.7 Å². The Hall–Kier alpha value is -0.0800. The lowest BCUT2D eigenvalue weighted by atomic mass is 9.87. The third-order valence-corrected chi connectivity index (χ3v) is 3.58. The van der Waals surface area contributed by atoms with Crippen molar-refractivity contribution in [1.82, 2.24) is 4.90 Å². The van der Waals surface area contributed by atoms with Crippen LogP contribution in [0.5, 0.6) is 0 Å². The van der Waals surface area contributed by atoms with Crippen LogP contribution in [0.15, 0.2) is 0 Å². The third kappa shape index (κ3) is 5.31. The topological polar surface area (TPSA) is 12.5 Å². The highest BCUT2D eigenvalue weighted by Gasteiger charge is 2.20. The molecule has 0 bridgehead atoms. The fraction of sp³-hybridized carbons (Fsp3) is 1.00. The molecule has 0 aromatic heterocycles. The molecule has 0 saturated carbocycles. The van der Waals surface area contributed by atoms with Crippen molar-refractivity contribution in [3.63, 3.8) is 0 Å². The zero-order valence-electron chi connectivity index (χ0n) is 11.5. The molecule has 0 aromatic carbocycles. The quantitative estimate of drug-likeness (QED) is 0.647. The van der Waals surface area contributed by atoms with E-state index in [4.69, 9.17) is 4.74 Å². The Kier molecular flexibility index (Phi) is 6.37. The van der Waals surface area contributed by atoms with Gasteiger partial charge >= 0.3 is 0 Å². The Morgan fingerprint density at radius 2 is 1.75 bits per heavy atom. The summed E-state index contributed by atoms with van der Waals surface area (Å²) in [4.78, 5) is 2.55. The first-order valence-corrected chi connectivity index (χ1v) is 6.89. The molecule has 1 aliphatic heterocycles. The normalized spacial score (nSPS) is 19.9. The zero-order chi connectivity index (χ0) is 12.0. The van der Waals surface area contributed by atoms with Gasteiger partial charge in [0, 0.05) is 13.2 Å². The summed E-state index contributed by atoms with van der Waals surface area (Å²) in [5.74, 6) is 2.47. The lowest BCUT2D eigenvalue weighted by Gasteiger charge is -2.33. The maximum Gasteiger partial charge on any atom is 0.0593 e. The second-order valence-corrected chi connectivity index (χ2v) is 5.89. The summed E-state index contributed by atoms with van der Waals surface area (Å²) in [6.45, 7) is 14.6. The summed E-state index contributed by atoms with van der Waals surface area (Å²) < 4.78 is 5.63. The molecule has 0 aromatic rings. The highest BCUT2D eigenvalue weighted by atomic mass is 16.5. The van der Waals surface area contributed by atoms with Crippen LogP contribution in [0.4, 0.5) is 0 Å². The molecular weight excluding hydrogens is 198 g/mol. The molecule has 0 spiro atoms. The van der Waals surface area contributed by atoms with Gasteiger partial charge in [0.2, 0.25) is 0 Å². The van der Waals surface area contributed by atoms with Crippen LogP contribution >= 0.6 is 0 Å². The number of hydrogen-bond acceptors (Lipinski definition) is 2. The van der Waals surface area contributed by atoms with Gasteiger partial charge in [-0.25, -0.2) is 0 Å². The van der Waals surface area contributed by atoms with E-state index in [2.05, 4.69) is 32.6 Å². The second kappa shape index (κ2) is 7.29. The van der Waals surface area contributed by atoms with Gasteiger partial charge in [-0.3, -0.25) is 0 Å². The van der Waals surface area contributed by atoms with Crippen molar-refractivity contribution >= 4 is 0 Å². The van der Waals surface area contributed by atoms with Crippen molar-refractivity contribution in [3.05, 3.63) is 0 Å². The van der Waals surface area contributed by atoms with Gasteiger partial charge in [-0.2, -0.15) is 0 Å². The van der Waals surface area contributed by atoms with E-state index in [0.29, 0.717) is 5.92 Å². The minimum Gasteiger partial charge on any atom is -0.380 e. The van der Waals surface area contributed by atoms with E-state index < -0.39 is 0 Å². The van der Waals surface area contributed by atoms with Gasteiger partial charge in [0.15, 0.2) is 0 Å². The standard InChI is InChI=1S/C14H29NO/c1-12(2)11-16-10-9-15-7-5-14(6-8-15)13(3)4/h12-14H,5-11H2,1-4H3. The number of rotatable bonds is 6. The van der Waals surface area contributed by atoms with Gasteiger partial charge in [-0.15, -0.1) is 0 Å². The van der Waals surface area contributed by atoms with Crippen molar-refractivity contribution in [2.75, 3.05) is 32.8 Å². The Morgan fingerprint density at radius 3 is 2.25 bits per heavy atom. The molecule has 96 valence electrons. The van der Waals surface area contributed by atoms with Crippen LogP contribution in [0.3, 0.4) is 0 Å². The minimum absolute atomic E-state index is 0.659. The minimum atomic E-state index is 0.659. The van der Waals surface area contributed by atoms with Gasteiger partial charge in [-0.1, -0.05) is 27.7 Å². The van der Waals surface area contributed by atoms with Gasteiger partial charge < -0.3 is 9.64 Å². The summed E-state index contributed by atoms with van der Waals surface area (Å²) in [7, 11) is 0. The molecule has 1 saturated heterocycles. The van der Waals surface area contributed by atoms with E-state index in [-0.39, 0.29) is 0 Å². The largest absolute Gasteiger partial charge is 0.380 e. The van der Waals surface area contributed by atoms with Crippen molar-refractivity contribution in [2.24, 2.45) is 17.8 Å². The molecule has 0 unspecified atom stereocenters. The summed E-state index contributed by atoms with van der Waals surface area (Å²) >= 11 is 0. The van der Waals surface area contributed by atoms with Crippen molar-refractivity contribution < 1.29 is 4.74 Å². The molecule has 2 heteroatoms. The Balaban J connectivity index is 2.04. The van der Waals surface area contributed by atoms with E-state index in [0.717, 1.165) is 31.6 Å². The molecule has 0 N–H and O–H groups in total. The molecule has 1 fully saturated rings. The predicted octanol–water partition coefficient (Wildman–Crippen LogP) is 3.03. The molecule has 0 aliphatic carbocycles.